The summed E-state index contributed by atoms with van der Waals surface area (Å²) >= 11 is 0. The number of H-pyrrole nitrogens is 1. The van der Waals surface area contributed by atoms with Crippen LogP contribution in [0.5, 0.6) is 5.75 Å². The van der Waals surface area contributed by atoms with E-state index in [0.29, 0.717) is 47.7 Å². The third-order valence-electron chi connectivity index (χ3n) is 6.88. The van der Waals surface area contributed by atoms with Crippen LogP contribution in [0, 0.1) is 13.8 Å². The number of benzene rings is 1. The van der Waals surface area contributed by atoms with Gasteiger partial charge in [0.15, 0.2) is 0 Å². The first-order valence-corrected chi connectivity index (χ1v) is 12.7. The number of nitrogens with one attached hydrogen (secondary N) is 1. The van der Waals surface area contributed by atoms with Gasteiger partial charge in [0.2, 0.25) is 0 Å². The van der Waals surface area contributed by atoms with Crippen molar-refractivity contribution in [3.63, 3.8) is 0 Å². The SMILES string of the molecule is CCOc1ccc([C@@H]2C(=C(O)c3c(C)[nH]c(C(=O)OC)c3C)C(=O)C(=O)N2CCCN(CC)CC)cc1. The van der Waals surface area contributed by atoms with E-state index in [2.05, 4.69) is 23.7 Å². The Kier molecular flexibility index (Phi) is 9.15. The van der Waals surface area contributed by atoms with E-state index in [0.717, 1.165) is 19.6 Å². The lowest BCUT2D eigenvalue weighted by atomic mass is 9.94. The normalized spacial score (nSPS) is 17.1. The minimum absolute atomic E-state index is 0.00128. The Hall–Kier alpha value is -3.59. The fourth-order valence-electron chi connectivity index (χ4n) is 4.92. The zero-order valence-electron chi connectivity index (χ0n) is 22.5. The Morgan fingerprint density at radius 2 is 1.76 bits per heavy atom. The van der Waals surface area contributed by atoms with Crippen molar-refractivity contribution in [1.29, 1.82) is 0 Å². The maximum Gasteiger partial charge on any atom is 0.354 e. The van der Waals surface area contributed by atoms with Gasteiger partial charge in [0, 0.05) is 17.8 Å². The Bertz CT molecular complexity index is 1180. The topological polar surface area (TPSA) is 112 Å². The number of aromatic amines is 1. The Morgan fingerprint density at radius 3 is 2.32 bits per heavy atom. The number of nitrogens with zero attached hydrogens (tertiary/aromatic N) is 2. The van der Waals surface area contributed by atoms with E-state index in [1.807, 2.05) is 19.1 Å². The first kappa shape index (κ1) is 28.0. The second-order valence-corrected chi connectivity index (χ2v) is 8.99. The molecular formula is C28H37N3O6. The summed E-state index contributed by atoms with van der Waals surface area (Å²) < 4.78 is 10.4. The number of hydrogen-bond acceptors (Lipinski definition) is 7. The molecule has 1 fully saturated rings. The van der Waals surface area contributed by atoms with Crippen molar-refractivity contribution in [2.45, 2.75) is 47.1 Å². The highest BCUT2D eigenvalue weighted by molar-refractivity contribution is 6.46. The maximum atomic E-state index is 13.4. The molecule has 0 radical (unpaired) electrons. The number of Topliss-reactive ketones (excluding diaryl/α,β-unsaturated/α-hetero) is 1. The fraction of sp³-hybridized carbons (Fsp3) is 0.464. The number of hydrogen-bond donors (Lipinski definition) is 2. The summed E-state index contributed by atoms with van der Waals surface area (Å²) in [6, 6.07) is 6.42. The van der Waals surface area contributed by atoms with Gasteiger partial charge >= 0.3 is 5.97 Å². The molecule has 9 nitrogen and oxygen atoms in total. The van der Waals surface area contributed by atoms with Gasteiger partial charge in [0.25, 0.3) is 11.7 Å². The molecule has 37 heavy (non-hydrogen) atoms. The highest BCUT2D eigenvalue weighted by Gasteiger charge is 2.46. The molecule has 1 atom stereocenters. The predicted molar refractivity (Wildman–Crippen MR) is 141 cm³/mol. The molecule has 2 N–H and O–H groups in total. The number of aliphatic hydroxyl groups is 1. The average Bonchev–Trinajstić information content (AvgIpc) is 3.33. The van der Waals surface area contributed by atoms with E-state index in [1.54, 1.807) is 26.0 Å². The number of ketones is 1. The van der Waals surface area contributed by atoms with Crippen LogP contribution in [0.3, 0.4) is 0 Å². The predicted octanol–water partition coefficient (Wildman–Crippen LogP) is 3.97. The van der Waals surface area contributed by atoms with Crippen molar-refractivity contribution in [1.82, 2.24) is 14.8 Å². The van der Waals surface area contributed by atoms with Gasteiger partial charge in [-0.3, -0.25) is 9.59 Å². The smallest absolute Gasteiger partial charge is 0.354 e. The number of carbonyl (C=O) groups is 3. The highest BCUT2D eigenvalue weighted by Crippen LogP contribution is 2.41. The standard InChI is InChI=1S/C28H37N3O6/c1-7-30(8-2)15-10-16-31-24(19-11-13-20(14-12-19)37-9-3)22(26(33)27(31)34)25(32)21-17(4)23(28(35)36-6)29-18(21)5/h11-14,24,29,32H,7-10,15-16H2,1-6H3/t24-/m1/s1. The third-order valence-corrected chi connectivity index (χ3v) is 6.88. The van der Waals surface area contributed by atoms with Crippen molar-refractivity contribution in [2.24, 2.45) is 0 Å². The molecule has 9 heteroatoms. The van der Waals surface area contributed by atoms with Gasteiger partial charge in [-0.2, -0.15) is 0 Å². The van der Waals surface area contributed by atoms with Crippen LogP contribution < -0.4 is 4.74 Å². The molecule has 1 aliphatic rings. The monoisotopic (exact) mass is 511 g/mol. The zero-order valence-corrected chi connectivity index (χ0v) is 22.5. The van der Waals surface area contributed by atoms with Crippen LogP contribution in [-0.2, 0) is 14.3 Å². The van der Waals surface area contributed by atoms with E-state index in [-0.39, 0.29) is 17.0 Å². The molecule has 0 bridgehead atoms. The molecule has 0 saturated carbocycles. The summed E-state index contributed by atoms with van der Waals surface area (Å²) in [7, 11) is 1.27. The van der Waals surface area contributed by atoms with Gasteiger partial charge < -0.3 is 29.4 Å². The Labute approximate surface area is 218 Å². The highest BCUT2D eigenvalue weighted by atomic mass is 16.5. The number of aromatic nitrogens is 1. The number of methoxy groups -OCH3 is 1. The van der Waals surface area contributed by atoms with Gasteiger partial charge in [-0.15, -0.1) is 0 Å². The molecule has 1 aliphatic heterocycles. The first-order valence-electron chi connectivity index (χ1n) is 12.7. The lowest BCUT2D eigenvalue weighted by Crippen LogP contribution is -2.33. The summed E-state index contributed by atoms with van der Waals surface area (Å²) in [6.07, 6.45) is 0.678. The van der Waals surface area contributed by atoms with Crippen molar-refractivity contribution in [3.8, 4) is 5.75 Å². The largest absolute Gasteiger partial charge is 0.507 e. The lowest BCUT2D eigenvalue weighted by Gasteiger charge is -2.27. The summed E-state index contributed by atoms with van der Waals surface area (Å²) in [5, 5.41) is 11.5. The molecule has 2 heterocycles. The van der Waals surface area contributed by atoms with Crippen LogP contribution in [0.2, 0.25) is 0 Å². The van der Waals surface area contributed by atoms with Gasteiger partial charge in [0.1, 0.15) is 17.2 Å². The van der Waals surface area contributed by atoms with Crippen molar-refractivity contribution in [3.05, 3.63) is 57.9 Å². The molecule has 1 aromatic carbocycles. The van der Waals surface area contributed by atoms with Crippen LogP contribution in [0.15, 0.2) is 29.8 Å². The van der Waals surface area contributed by atoms with Gasteiger partial charge in [0.05, 0.1) is 25.3 Å². The molecule has 0 spiro atoms. The van der Waals surface area contributed by atoms with Crippen LogP contribution in [0.25, 0.3) is 5.76 Å². The lowest BCUT2D eigenvalue weighted by molar-refractivity contribution is -0.140. The van der Waals surface area contributed by atoms with E-state index in [4.69, 9.17) is 9.47 Å². The molecule has 200 valence electrons. The van der Waals surface area contributed by atoms with Crippen molar-refractivity contribution < 1.29 is 29.0 Å². The Morgan fingerprint density at radius 1 is 1.11 bits per heavy atom. The summed E-state index contributed by atoms with van der Waals surface area (Å²) in [5.41, 5.74) is 2.13. The third kappa shape index (κ3) is 5.56. The summed E-state index contributed by atoms with van der Waals surface area (Å²) in [6.45, 7) is 12.9. The molecular weight excluding hydrogens is 474 g/mol. The number of rotatable bonds is 11. The van der Waals surface area contributed by atoms with E-state index in [9.17, 15) is 19.5 Å². The molecule has 1 amide bonds. The van der Waals surface area contributed by atoms with Crippen LogP contribution in [-0.4, -0.2) is 77.4 Å². The summed E-state index contributed by atoms with van der Waals surface area (Å²) in [4.78, 5) is 45.6. The second-order valence-electron chi connectivity index (χ2n) is 8.99. The Balaban J connectivity index is 2.11. The summed E-state index contributed by atoms with van der Waals surface area (Å²) in [5.74, 6) is -1.63. The first-order chi connectivity index (χ1) is 17.7. The van der Waals surface area contributed by atoms with Gasteiger partial charge in [-0.05, 0) is 70.1 Å². The number of aliphatic hydroxyl groups excluding tert-OH is 1. The minimum atomic E-state index is -0.775. The molecule has 1 aromatic heterocycles. The minimum Gasteiger partial charge on any atom is -0.507 e. The van der Waals surface area contributed by atoms with E-state index >= 15 is 0 Å². The number of ether oxygens (including phenoxy) is 2. The molecule has 1 saturated heterocycles. The molecule has 3 rings (SSSR count). The van der Waals surface area contributed by atoms with Crippen molar-refractivity contribution in [2.75, 3.05) is 39.9 Å². The van der Waals surface area contributed by atoms with E-state index < -0.39 is 23.7 Å². The number of likely N-dealkylation sites (tertiary alicyclic amines) is 1. The maximum absolute atomic E-state index is 13.4. The van der Waals surface area contributed by atoms with Crippen LogP contribution >= 0.6 is 0 Å². The average molecular weight is 512 g/mol. The molecule has 2 aromatic rings. The number of amides is 1. The number of esters is 1. The quantitative estimate of drug-likeness (QED) is 0.203. The van der Waals surface area contributed by atoms with Gasteiger partial charge in [-0.25, -0.2) is 4.79 Å². The van der Waals surface area contributed by atoms with Crippen LogP contribution in [0.1, 0.15) is 66.1 Å². The van der Waals surface area contributed by atoms with Gasteiger partial charge in [-0.1, -0.05) is 26.0 Å². The number of carbonyl (C=O) groups excluding carboxylic acids is 3. The zero-order chi connectivity index (χ0) is 27.3. The molecule has 0 unspecified atom stereocenters. The second kappa shape index (κ2) is 12.1. The van der Waals surface area contributed by atoms with Crippen LogP contribution in [0.4, 0.5) is 0 Å². The molecule has 0 aliphatic carbocycles. The fourth-order valence-corrected chi connectivity index (χ4v) is 4.92. The van der Waals surface area contributed by atoms with E-state index in [1.165, 1.54) is 12.0 Å². The number of aryl methyl sites for hydroxylation is 1. The van der Waals surface area contributed by atoms with Crippen molar-refractivity contribution >= 4 is 23.4 Å².